The number of benzene rings is 1. The number of aryl methyl sites for hydroxylation is 2. The highest BCUT2D eigenvalue weighted by molar-refractivity contribution is 5.93. The lowest BCUT2D eigenvalue weighted by molar-refractivity contribution is -0.137. The second-order valence-electron chi connectivity index (χ2n) is 7.54. The molecule has 5 heteroatoms. The molecule has 0 aliphatic heterocycles. The number of amides is 1. The van der Waals surface area contributed by atoms with E-state index in [4.69, 9.17) is 5.11 Å². The standard InChI is InChI=1S/C14H22N2O.C10H20O2/c1-5-16(6-2)10-13(17)15-14-11(3)8-7-9-12(14)4;1-2-3-4-5-6-7-8-9-10(11)12/h7-9H,5-6,10H2,1-4H3,(H,15,17);2-9H2,1H3,(H,11,12). The number of anilines is 1. The molecule has 5 nitrogen and oxygen atoms in total. The summed E-state index contributed by atoms with van der Waals surface area (Å²) >= 11 is 0. The van der Waals surface area contributed by atoms with Crippen molar-refractivity contribution in [3.05, 3.63) is 29.3 Å². The van der Waals surface area contributed by atoms with Gasteiger partial charge in [-0.1, -0.05) is 77.5 Å². The number of para-hydroxylation sites is 1. The van der Waals surface area contributed by atoms with Gasteiger partial charge in [0.25, 0.3) is 0 Å². The van der Waals surface area contributed by atoms with Gasteiger partial charge in [0.1, 0.15) is 0 Å². The van der Waals surface area contributed by atoms with Gasteiger partial charge in [-0.05, 0) is 44.5 Å². The molecule has 0 radical (unpaired) electrons. The molecule has 0 aliphatic rings. The Morgan fingerprint density at radius 3 is 1.90 bits per heavy atom. The van der Waals surface area contributed by atoms with Crippen LogP contribution >= 0.6 is 0 Å². The number of aliphatic carboxylic acids is 1. The van der Waals surface area contributed by atoms with Gasteiger partial charge < -0.3 is 10.4 Å². The zero-order valence-electron chi connectivity index (χ0n) is 19.2. The fourth-order valence-electron chi connectivity index (χ4n) is 3.07. The second kappa shape index (κ2) is 17.0. The maximum absolute atomic E-state index is 11.9. The van der Waals surface area contributed by atoms with E-state index in [0.717, 1.165) is 42.7 Å². The average Bonchev–Trinajstić information content (AvgIpc) is 2.68. The summed E-state index contributed by atoms with van der Waals surface area (Å²) in [5.74, 6) is -0.602. The molecule has 1 amide bonds. The van der Waals surface area contributed by atoms with E-state index in [-0.39, 0.29) is 5.91 Å². The van der Waals surface area contributed by atoms with E-state index in [1.165, 1.54) is 32.1 Å². The van der Waals surface area contributed by atoms with Crippen molar-refractivity contribution >= 4 is 17.6 Å². The minimum absolute atomic E-state index is 0.0612. The van der Waals surface area contributed by atoms with Crippen molar-refractivity contribution in [1.82, 2.24) is 4.90 Å². The summed E-state index contributed by atoms with van der Waals surface area (Å²) in [7, 11) is 0. The number of hydrogen-bond donors (Lipinski definition) is 2. The van der Waals surface area contributed by atoms with E-state index >= 15 is 0 Å². The van der Waals surface area contributed by atoms with Crippen LogP contribution in [-0.4, -0.2) is 41.5 Å². The zero-order valence-corrected chi connectivity index (χ0v) is 19.2. The molecule has 0 heterocycles. The average molecular weight is 407 g/mol. The highest BCUT2D eigenvalue weighted by Crippen LogP contribution is 2.19. The third kappa shape index (κ3) is 13.9. The summed E-state index contributed by atoms with van der Waals surface area (Å²) in [5.41, 5.74) is 3.17. The lowest BCUT2D eigenvalue weighted by atomic mass is 10.1. The zero-order chi connectivity index (χ0) is 22.1. The Kier molecular flexibility index (Phi) is 15.9. The minimum atomic E-state index is -0.663. The molecule has 29 heavy (non-hydrogen) atoms. The first-order valence-corrected chi connectivity index (χ1v) is 11.2. The summed E-state index contributed by atoms with van der Waals surface area (Å²) in [4.78, 5) is 24.1. The van der Waals surface area contributed by atoms with Crippen molar-refractivity contribution in [2.24, 2.45) is 0 Å². The van der Waals surface area contributed by atoms with E-state index < -0.39 is 5.97 Å². The Morgan fingerprint density at radius 1 is 0.897 bits per heavy atom. The second-order valence-corrected chi connectivity index (χ2v) is 7.54. The lowest BCUT2D eigenvalue weighted by Gasteiger charge is -2.18. The molecule has 0 spiro atoms. The van der Waals surface area contributed by atoms with E-state index in [1.54, 1.807) is 0 Å². The van der Waals surface area contributed by atoms with Gasteiger partial charge in [-0.2, -0.15) is 0 Å². The van der Waals surface area contributed by atoms with Crippen molar-refractivity contribution in [1.29, 1.82) is 0 Å². The van der Waals surface area contributed by atoms with Gasteiger partial charge in [0.15, 0.2) is 0 Å². The van der Waals surface area contributed by atoms with Crippen molar-refractivity contribution in [3.63, 3.8) is 0 Å². The van der Waals surface area contributed by atoms with Crippen LogP contribution in [0.2, 0.25) is 0 Å². The molecule has 0 aromatic heterocycles. The summed E-state index contributed by atoms with van der Waals surface area (Å²) in [5, 5.41) is 11.4. The molecular formula is C24H42N2O3. The van der Waals surface area contributed by atoms with Gasteiger partial charge >= 0.3 is 5.97 Å². The number of rotatable bonds is 13. The number of carbonyl (C=O) groups is 2. The number of carbonyl (C=O) groups excluding carboxylic acids is 1. The van der Waals surface area contributed by atoms with Crippen molar-refractivity contribution in [3.8, 4) is 0 Å². The summed E-state index contributed by atoms with van der Waals surface area (Å²) in [6.07, 6.45) is 8.64. The van der Waals surface area contributed by atoms with E-state index in [1.807, 2.05) is 32.0 Å². The molecule has 0 atom stereocenters. The molecule has 0 aliphatic carbocycles. The minimum Gasteiger partial charge on any atom is -0.481 e. The summed E-state index contributed by atoms with van der Waals surface area (Å²) < 4.78 is 0. The molecule has 0 saturated carbocycles. The molecular weight excluding hydrogens is 364 g/mol. The first-order chi connectivity index (χ1) is 13.8. The smallest absolute Gasteiger partial charge is 0.303 e. The quantitative estimate of drug-likeness (QED) is 0.406. The van der Waals surface area contributed by atoms with Crippen LogP contribution < -0.4 is 5.32 Å². The van der Waals surface area contributed by atoms with E-state index in [9.17, 15) is 9.59 Å². The number of nitrogens with zero attached hydrogens (tertiary/aromatic N) is 1. The molecule has 166 valence electrons. The predicted octanol–water partition coefficient (Wildman–Crippen LogP) is 5.80. The predicted molar refractivity (Wildman–Crippen MR) is 123 cm³/mol. The molecule has 0 bridgehead atoms. The Hall–Kier alpha value is -1.88. The fourth-order valence-corrected chi connectivity index (χ4v) is 3.07. The third-order valence-corrected chi connectivity index (χ3v) is 5.00. The molecule has 1 aromatic rings. The number of unbranched alkanes of at least 4 members (excludes halogenated alkanes) is 6. The van der Waals surface area contributed by atoms with Gasteiger partial charge in [0.05, 0.1) is 6.54 Å². The topological polar surface area (TPSA) is 69.6 Å². The normalized spacial score (nSPS) is 10.4. The maximum Gasteiger partial charge on any atom is 0.303 e. The Balaban J connectivity index is 0.000000578. The number of nitrogens with one attached hydrogen (secondary N) is 1. The van der Waals surface area contributed by atoms with Crippen LogP contribution in [0.4, 0.5) is 5.69 Å². The maximum atomic E-state index is 11.9. The number of carboxylic acids is 1. The van der Waals surface area contributed by atoms with Crippen molar-refractivity contribution < 1.29 is 14.7 Å². The molecule has 0 fully saturated rings. The number of carboxylic acid groups (broad SMARTS) is 1. The monoisotopic (exact) mass is 406 g/mol. The Bertz CT molecular complexity index is 563. The van der Waals surface area contributed by atoms with Crippen LogP contribution in [-0.2, 0) is 9.59 Å². The molecule has 0 unspecified atom stereocenters. The van der Waals surface area contributed by atoms with Crippen LogP contribution in [0.1, 0.15) is 83.3 Å². The Morgan fingerprint density at radius 2 is 1.41 bits per heavy atom. The van der Waals surface area contributed by atoms with Crippen molar-refractivity contribution in [2.75, 3.05) is 25.0 Å². The highest BCUT2D eigenvalue weighted by Gasteiger charge is 2.10. The SMILES string of the molecule is CCCCCCCCCC(=O)O.CCN(CC)CC(=O)Nc1c(C)cccc1C. The van der Waals surface area contributed by atoms with Gasteiger partial charge in [0.2, 0.25) is 5.91 Å². The molecule has 1 aromatic carbocycles. The lowest BCUT2D eigenvalue weighted by Crippen LogP contribution is -2.33. The van der Waals surface area contributed by atoms with Crippen molar-refractivity contribution in [2.45, 2.75) is 86.0 Å². The molecule has 2 N–H and O–H groups in total. The number of hydrogen-bond acceptors (Lipinski definition) is 3. The van der Waals surface area contributed by atoms with Crippen LogP contribution in [0.25, 0.3) is 0 Å². The van der Waals surface area contributed by atoms with E-state index in [2.05, 4.69) is 31.0 Å². The van der Waals surface area contributed by atoms with Crippen LogP contribution in [0.3, 0.4) is 0 Å². The van der Waals surface area contributed by atoms with Gasteiger partial charge in [-0.3, -0.25) is 14.5 Å². The third-order valence-electron chi connectivity index (χ3n) is 5.00. The summed E-state index contributed by atoms with van der Waals surface area (Å²) in [6, 6.07) is 6.03. The first kappa shape index (κ1) is 27.1. The molecule has 0 saturated heterocycles. The van der Waals surface area contributed by atoms with E-state index in [0.29, 0.717) is 13.0 Å². The van der Waals surface area contributed by atoms with Crippen LogP contribution in [0.5, 0.6) is 0 Å². The van der Waals surface area contributed by atoms with Gasteiger partial charge in [-0.15, -0.1) is 0 Å². The molecule has 1 rings (SSSR count). The van der Waals surface area contributed by atoms with Crippen LogP contribution in [0.15, 0.2) is 18.2 Å². The largest absolute Gasteiger partial charge is 0.481 e. The first-order valence-electron chi connectivity index (χ1n) is 11.2. The number of likely N-dealkylation sites (N-methyl/N-ethyl adjacent to an activating group) is 1. The van der Waals surface area contributed by atoms with Gasteiger partial charge in [0, 0.05) is 12.1 Å². The Labute approximate surface area is 177 Å². The van der Waals surface area contributed by atoms with Gasteiger partial charge in [-0.25, -0.2) is 0 Å². The fraction of sp³-hybridized carbons (Fsp3) is 0.667. The highest BCUT2D eigenvalue weighted by atomic mass is 16.4. The summed E-state index contributed by atoms with van der Waals surface area (Å²) in [6.45, 7) is 12.6. The van der Waals surface area contributed by atoms with Crippen LogP contribution in [0, 0.1) is 13.8 Å².